The smallest absolute Gasteiger partial charge is 0.303 e. The van der Waals surface area contributed by atoms with Crippen molar-refractivity contribution in [1.29, 1.82) is 0 Å². The lowest BCUT2D eigenvalue weighted by Gasteiger charge is -2.07. The van der Waals surface area contributed by atoms with Crippen molar-refractivity contribution in [2.45, 2.75) is 212 Å². The first-order valence-corrected chi connectivity index (χ1v) is 23.1. The average molecular weight is 775 g/mol. The van der Waals surface area contributed by atoms with E-state index in [-0.39, 0.29) is 0 Å². The van der Waals surface area contributed by atoms with Crippen LogP contribution in [0.2, 0.25) is 0 Å². The molecule has 0 atom stereocenters. The lowest BCUT2D eigenvalue weighted by atomic mass is 10.0. The van der Waals surface area contributed by atoms with Gasteiger partial charge in [-0.15, -0.1) is 0 Å². The molecule has 0 spiro atoms. The van der Waals surface area contributed by atoms with Crippen molar-refractivity contribution in [1.82, 2.24) is 21.3 Å². The summed E-state index contributed by atoms with van der Waals surface area (Å²) in [6.45, 7) is 9.66. The average Bonchev–Trinajstić information content (AvgIpc) is 3.17. The number of unbranched alkanes of at least 4 members (excludes halogenated alkanes) is 27. The Balaban J connectivity index is 3.05. The van der Waals surface area contributed by atoms with Gasteiger partial charge in [0.05, 0.1) is 6.61 Å². The molecule has 0 saturated carbocycles. The Morgan fingerprint density at radius 3 is 0.833 bits per heavy atom. The van der Waals surface area contributed by atoms with Gasteiger partial charge in [-0.05, 0) is 132 Å². The van der Waals surface area contributed by atoms with Crippen molar-refractivity contribution in [3.63, 3.8) is 0 Å². The second-order valence-electron chi connectivity index (χ2n) is 15.5. The van der Waals surface area contributed by atoms with Gasteiger partial charge in [0, 0.05) is 6.42 Å². The summed E-state index contributed by atoms with van der Waals surface area (Å²) < 4.78 is 0. The van der Waals surface area contributed by atoms with Crippen LogP contribution in [0.3, 0.4) is 0 Å². The van der Waals surface area contributed by atoms with Crippen molar-refractivity contribution >= 4 is 5.97 Å². The molecular formula is C43H90N4O7. The number of hydrogen-bond acceptors (Lipinski definition) is 10. The highest BCUT2D eigenvalue weighted by atomic mass is 17.8. The molecule has 0 unspecified atom stereocenters. The Morgan fingerprint density at radius 1 is 0.333 bits per heavy atom. The van der Waals surface area contributed by atoms with Crippen LogP contribution in [0.5, 0.6) is 0 Å². The zero-order chi connectivity index (χ0) is 38.9. The van der Waals surface area contributed by atoms with E-state index in [4.69, 9.17) is 10.4 Å². The standard InChI is InChI=1S/C43H90N4O7/c48-43(49)33-23-22-31-41-47-38-28-18-12-11-16-26-36-44-35-25-15-9-10-17-27-37-46-40-30-20-19-29-39-45-34-24-14-8-6-4-2-1-3-5-7-13-21-32-42-51-53-54-52-50/h44-47,50H,1-42H2,(H,48,49). The first-order chi connectivity index (χ1) is 26.8. The van der Waals surface area contributed by atoms with E-state index in [1.165, 1.54) is 213 Å². The van der Waals surface area contributed by atoms with Gasteiger partial charge in [-0.1, -0.05) is 141 Å². The maximum Gasteiger partial charge on any atom is 0.303 e. The predicted octanol–water partition coefficient (Wildman–Crippen LogP) is 10.6. The molecule has 0 heterocycles. The third-order valence-corrected chi connectivity index (χ3v) is 10.3. The van der Waals surface area contributed by atoms with Gasteiger partial charge in [0.2, 0.25) is 0 Å². The van der Waals surface area contributed by atoms with E-state index in [0.29, 0.717) is 13.0 Å². The van der Waals surface area contributed by atoms with Crippen molar-refractivity contribution < 1.29 is 35.2 Å². The van der Waals surface area contributed by atoms with E-state index < -0.39 is 5.97 Å². The van der Waals surface area contributed by atoms with Gasteiger partial charge in [-0.3, -0.25) is 4.79 Å². The largest absolute Gasteiger partial charge is 0.481 e. The molecule has 11 heteroatoms. The molecule has 0 bridgehead atoms. The Hall–Kier alpha value is -0.890. The van der Waals surface area contributed by atoms with Crippen LogP contribution < -0.4 is 21.3 Å². The summed E-state index contributed by atoms with van der Waals surface area (Å²) in [6.07, 6.45) is 41.5. The van der Waals surface area contributed by atoms with Crippen molar-refractivity contribution in [3.8, 4) is 0 Å². The van der Waals surface area contributed by atoms with E-state index in [9.17, 15) is 4.79 Å². The minimum atomic E-state index is -0.678. The molecule has 6 N–H and O–H groups in total. The molecule has 0 aliphatic carbocycles. The highest BCUT2D eigenvalue weighted by molar-refractivity contribution is 5.66. The zero-order valence-electron chi connectivity index (χ0n) is 35.1. The third-order valence-electron chi connectivity index (χ3n) is 10.3. The molecule has 324 valence electrons. The molecule has 0 amide bonds. The summed E-state index contributed by atoms with van der Waals surface area (Å²) in [5.41, 5.74) is 0. The summed E-state index contributed by atoms with van der Waals surface area (Å²) in [5.74, 6) is -0.678. The van der Waals surface area contributed by atoms with Gasteiger partial charge in [0.15, 0.2) is 0 Å². The lowest BCUT2D eigenvalue weighted by molar-refractivity contribution is -0.702. The van der Waals surface area contributed by atoms with Crippen molar-refractivity contribution in [2.24, 2.45) is 0 Å². The fourth-order valence-electron chi connectivity index (χ4n) is 6.89. The van der Waals surface area contributed by atoms with Gasteiger partial charge < -0.3 is 26.4 Å². The van der Waals surface area contributed by atoms with E-state index in [1.54, 1.807) is 0 Å². The quantitative estimate of drug-likeness (QED) is 0.0200. The first-order valence-electron chi connectivity index (χ1n) is 23.1. The number of carboxylic acids is 1. The molecule has 0 aliphatic rings. The second-order valence-corrected chi connectivity index (χ2v) is 15.5. The molecule has 0 aromatic rings. The zero-order valence-corrected chi connectivity index (χ0v) is 35.1. The molecule has 11 nitrogen and oxygen atoms in total. The molecule has 0 aliphatic heterocycles. The molecule has 0 saturated heterocycles. The number of carbonyl (C=O) groups is 1. The summed E-state index contributed by atoms with van der Waals surface area (Å²) >= 11 is 0. The minimum absolute atomic E-state index is 0.307. The normalized spacial score (nSPS) is 11.6. The maximum absolute atomic E-state index is 10.5. The maximum atomic E-state index is 10.5. The van der Waals surface area contributed by atoms with Crippen LogP contribution in [0.1, 0.15) is 212 Å². The van der Waals surface area contributed by atoms with Crippen molar-refractivity contribution in [3.05, 3.63) is 0 Å². The van der Waals surface area contributed by atoms with Gasteiger partial charge >= 0.3 is 5.97 Å². The van der Waals surface area contributed by atoms with Crippen LogP contribution in [0.15, 0.2) is 0 Å². The third kappa shape index (κ3) is 51.1. The van der Waals surface area contributed by atoms with Gasteiger partial charge in [-0.25, -0.2) is 10.1 Å². The fraction of sp³-hybridized carbons (Fsp3) is 0.977. The topological polar surface area (TPSA) is 143 Å². The molecule has 0 fully saturated rings. The van der Waals surface area contributed by atoms with Crippen LogP contribution in [-0.4, -0.2) is 75.3 Å². The second kappa shape index (κ2) is 50.1. The van der Waals surface area contributed by atoms with Crippen LogP contribution in [0.25, 0.3) is 0 Å². The van der Waals surface area contributed by atoms with E-state index in [2.05, 4.69) is 41.3 Å². The molecular weight excluding hydrogens is 684 g/mol. The van der Waals surface area contributed by atoms with Gasteiger partial charge in [0.1, 0.15) is 0 Å². The van der Waals surface area contributed by atoms with Crippen LogP contribution >= 0.6 is 0 Å². The van der Waals surface area contributed by atoms with Crippen LogP contribution in [0.4, 0.5) is 0 Å². The van der Waals surface area contributed by atoms with E-state index in [1.807, 2.05) is 0 Å². The summed E-state index contributed by atoms with van der Waals surface area (Å²) in [5, 5.41) is 42.1. The highest BCUT2D eigenvalue weighted by Gasteiger charge is 1.99. The van der Waals surface area contributed by atoms with Crippen LogP contribution in [-0.2, 0) is 24.8 Å². The number of nitrogens with one attached hydrogen (secondary N) is 4. The number of aliphatic carboxylic acids is 1. The monoisotopic (exact) mass is 775 g/mol. The molecule has 0 aromatic carbocycles. The van der Waals surface area contributed by atoms with Gasteiger partial charge in [-0.2, -0.15) is 0 Å². The van der Waals surface area contributed by atoms with Gasteiger partial charge in [0.25, 0.3) is 0 Å². The van der Waals surface area contributed by atoms with Crippen molar-refractivity contribution in [2.75, 3.05) is 59.0 Å². The predicted molar refractivity (Wildman–Crippen MR) is 223 cm³/mol. The molecule has 0 radical (unpaired) electrons. The van der Waals surface area contributed by atoms with E-state index >= 15 is 0 Å². The number of rotatable bonds is 50. The Bertz CT molecular complexity index is 696. The number of hydrogen-bond donors (Lipinski definition) is 6. The summed E-state index contributed by atoms with van der Waals surface area (Å²) in [7, 11) is 0. The highest BCUT2D eigenvalue weighted by Crippen LogP contribution is 2.13. The molecule has 0 aromatic heterocycles. The fourth-order valence-corrected chi connectivity index (χ4v) is 6.89. The Labute approximate surface area is 332 Å². The summed E-state index contributed by atoms with van der Waals surface area (Å²) in [6, 6.07) is 0. The Kier molecular flexibility index (Phi) is 49.3. The first kappa shape index (κ1) is 53.1. The lowest BCUT2D eigenvalue weighted by Crippen LogP contribution is -2.18. The Morgan fingerprint density at radius 2 is 0.574 bits per heavy atom. The molecule has 54 heavy (non-hydrogen) atoms. The SMILES string of the molecule is O=C(O)CCCCCNCCCCCCCCNCCCCCCCCNCCCCCCNCCCCCCCCCCCCCCCOOOOO. The van der Waals surface area contributed by atoms with Crippen LogP contribution in [0, 0.1) is 0 Å². The molecule has 0 rings (SSSR count). The number of carboxylic acid groups (broad SMARTS) is 1. The minimum Gasteiger partial charge on any atom is -0.481 e. The van der Waals surface area contributed by atoms with E-state index in [0.717, 1.165) is 45.2 Å². The summed E-state index contributed by atoms with van der Waals surface area (Å²) in [4.78, 5) is 15.1.